The van der Waals surface area contributed by atoms with Gasteiger partial charge in [-0.2, -0.15) is 0 Å². The summed E-state index contributed by atoms with van der Waals surface area (Å²) < 4.78 is 0. The highest BCUT2D eigenvalue weighted by Gasteiger charge is 2.29. The summed E-state index contributed by atoms with van der Waals surface area (Å²) in [6.45, 7) is 4.58. The van der Waals surface area contributed by atoms with Gasteiger partial charge < -0.3 is 0 Å². The molecule has 0 bridgehead atoms. The van der Waals surface area contributed by atoms with Crippen molar-refractivity contribution in [1.29, 1.82) is 0 Å². The molecule has 6 aromatic rings. The summed E-state index contributed by atoms with van der Waals surface area (Å²) in [5.74, 6) is 0.290. The van der Waals surface area contributed by atoms with Gasteiger partial charge in [-0.05, 0) is 75.8 Å². The van der Waals surface area contributed by atoms with E-state index in [1.165, 1.54) is 44.5 Å². The SMILES string of the molecule is CC(C)c1cc(C(c2ccccc2)c2ccccc2)c(N=C2CCCc3ccc(Cl)nc32)c(C(c2ccccc2)c2ccccc2)c1. The molecular formula is C44H39ClN2. The van der Waals surface area contributed by atoms with Crippen LogP contribution in [0.25, 0.3) is 0 Å². The second-order valence-electron chi connectivity index (χ2n) is 12.8. The summed E-state index contributed by atoms with van der Waals surface area (Å²) in [6, 6.07) is 52.4. The van der Waals surface area contributed by atoms with Gasteiger partial charge in [0.25, 0.3) is 0 Å². The zero-order valence-electron chi connectivity index (χ0n) is 27.0. The number of hydrogen-bond acceptors (Lipinski definition) is 2. The summed E-state index contributed by atoms with van der Waals surface area (Å²) in [4.78, 5) is 10.6. The summed E-state index contributed by atoms with van der Waals surface area (Å²) >= 11 is 6.52. The van der Waals surface area contributed by atoms with Gasteiger partial charge in [0.1, 0.15) is 5.15 Å². The fraction of sp³-hybridized carbons (Fsp3) is 0.182. The molecule has 0 amide bonds. The Bertz CT molecular complexity index is 1800. The van der Waals surface area contributed by atoms with E-state index in [0.717, 1.165) is 36.4 Å². The van der Waals surface area contributed by atoms with Crippen molar-refractivity contribution in [2.45, 2.75) is 50.9 Å². The van der Waals surface area contributed by atoms with Crippen molar-refractivity contribution >= 4 is 23.0 Å². The molecule has 5 aromatic carbocycles. The highest BCUT2D eigenvalue weighted by Crippen LogP contribution is 2.47. The summed E-state index contributed by atoms with van der Waals surface area (Å²) in [5.41, 5.74) is 12.9. The highest BCUT2D eigenvalue weighted by atomic mass is 35.5. The Morgan fingerprint density at radius 3 is 1.43 bits per heavy atom. The van der Waals surface area contributed by atoms with E-state index < -0.39 is 0 Å². The molecule has 0 saturated carbocycles. The van der Waals surface area contributed by atoms with E-state index in [-0.39, 0.29) is 11.8 Å². The van der Waals surface area contributed by atoms with Gasteiger partial charge >= 0.3 is 0 Å². The highest BCUT2D eigenvalue weighted by molar-refractivity contribution is 6.29. The standard InChI is InChI=1S/C44H39ClN2/c1-30(2)36-28-37(41(31-16-7-3-8-17-31)32-18-9-4-10-19-32)44(46-39-25-15-24-35-26-27-40(45)47-43(35)39)38(29-36)42(33-20-11-5-12-21-33)34-22-13-6-14-23-34/h3-14,16-23,26-30,41-42H,15,24-25H2,1-2H3. The number of pyridine rings is 1. The molecule has 0 fully saturated rings. The number of benzene rings is 5. The Labute approximate surface area is 283 Å². The Morgan fingerprint density at radius 1 is 0.553 bits per heavy atom. The maximum Gasteiger partial charge on any atom is 0.129 e. The quantitative estimate of drug-likeness (QED) is 0.121. The van der Waals surface area contributed by atoms with Crippen molar-refractivity contribution in [3.8, 4) is 0 Å². The number of aromatic nitrogens is 1. The summed E-state index contributed by atoms with van der Waals surface area (Å²) in [5, 5.41) is 0.506. The molecule has 0 N–H and O–H groups in total. The maximum absolute atomic E-state index is 6.52. The van der Waals surface area contributed by atoms with Crippen molar-refractivity contribution in [1.82, 2.24) is 4.98 Å². The lowest BCUT2D eigenvalue weighted by molar-refractivity contribution is 0.824. The van der Waals surface area contributed by atoms with Crippen molar-refractivity contribution in [2.24, 2.45) is 4.99 Å². The van der Waals surface area contributed by atoms with Crippen LogP contribution >= 0.6 is 11.6 Å². The molecule has 3 heteroatoms. The zero-order valence-corrected chi connectivity index (χ0v) is 27.7. The van der Waals surface area contributed by atoms with Crippen molar-refractivity contribution < 1.29 is 0 Å². The molecule has 0 spiro atoms. The van der Waals surface area contributed by atoms with Crippen molar-refractivity contribution in [2.75, 3.05) is 0 Å². The smallest absolute Gasteiger partial charge is 0.129 e. The first-order chi connectivity index (χ1) is 23.1. The summed E-state index contributed by atoms with van der Waals surface area (Å²) in [6.07, 6.45) is 2.87. The first kappa shape index (κ1) is 30.8. The molecule has 1 heterocycles. The first-order valence-electron chi connectivity index (χ1n) is 16.7. The Kier molecular flexibility index (Phi) is 9.13. The second kappa shape index (κ2) is 13.9. The van der Waals surface area contributed by atoms with Crippen LogP contribution in [-0.2, 0) is 6.42 Å². The number of halogens is 1. The monoisotopic (exact) mass is 630 g/mol. The van der Waals surface area contributed by atoms with Crippen LogP contribution in [0.5, 0.6) is 0 Å². The van der Waals surface area contributed by atoms with Gasteiger partial charge in [0, 0.05) is 11.8 Å². The third-order valence-corrected chi connectivity index (χ3v) is 9.55. The minimum Gasteiger partial charge on any atom is -0.251 e. The molecule has 232 valence electrons. The van der Waals surface area contributed by atoms with Crippen LogP contribution in [-0.4, -0.2) is 10.7 Å². The minimum atomic E-state index is -0.0169. The molecule has 0 atom stereocenters. The molecule has 7 rings (SSSR count). The Morgan fingerprint density at radius 2 is 1.00 bits per heavy atom. The third kappa shape index (κ3) is 6.57. The molecule has 1 aromatic heterocycles. The molecule has 0 aliphatic heterocycles. The molecule has 0 saturated heterocycles. The van der Waals surface area contributed by atoms with Crippen LogP contribution in [0.4, 0.5) is 5.69 Å². The van der Waals surface area contributed by atoms with Gasteiger partial charge in [0.2, 0.25) is 0 Å². The third-order valence-electron chi connectivity index (χ3n) is 9.34. The number of fused-ring (bicyclic) bond motifs is 1. The topological polar surface area (TPSA) is 25.2 Å². The lowest BCUT2D eigenvalue weighted by Crippen LogP contribution is -2.15. The van der Waals surface area contributed by atoms with Gasteiger partial charge in [0.05, 0.1) is 17.1 Å². The molecular weight excluding hydrogens is 592 g/mol. The normalized spacial score (nSPS) is 13.8. The van der Waals surface area contributed by atoms with Crippen molar-refractivity contribution in [3.05, 3.63) is 201 Å². The average molecular weight is 631 g/mol. The van der Waals surface area contributed by atoms with Gasteiger partial charge in [-0.3, -0.25) is 4.99 Å². The van der Waals surface area contributed by atoms with Crippen molar-refractivity contribution in [3.63, 3.8) is 0 Å². The van der Waals surface area contributed by atoms with Gasteiger partial charge in [-0.25, -0.2) is 4.98 Å². The first-order valence-corrected chi connectivity index (χ1v) is 17.1. The molecule has 0 radical (unpaired) electrons. The van der Waals surface area contributed by atoms with E-state index in [9.17, 15) is 0 Å². The zero-order chi connectivity index (χ0) is 32.2. The predicted octanol–water partition coefficient (Wildman–Crippen LogP) is 11.7. The molecule has 1 aliphatic carbocycles. The number of rotatable bonds is 8. The van der Waals surface area contributed by atoms with Gasteiger partial charge in [-0.15, -0.1) is 0 Å². The predicted molar refractivity (Wildman–Crippen MR) is 197 cm³/mol. The van der Waals surface area contributed by atoms with Gasteiger partial charge in [0.15, 0.2) is 0 Å². The Hall–Kier alpha value is -4.79. The van der Waals surface area contributed by atoms with E-state index in [2.05, 4.69) is 153 Å². The van der Waals surface area contributed by atoms with E-state index in [0.29, 0.717) is 11.1 Å². The molecule has 1 aliphatic rings. The van der Waals surface area contributed by atoms with Crippen LogP contribution in [0.3, 0.4) is 0 Å². The van der Waals surface area contributed by atoms with E-state index in [1.54, 1.807) is 0 Å². The average Bonchev–Trinajstić information content (AvgIpc) is 3.11. The minimum absolute atomic E-state index is 0.0169. The number of aryl methyl sites for hydroxylation is 1. The van der Waals surface area contributed by atoms with E-state index in [1.807, 2.05) is 6.07 Å². The summed E-state index contributed by atoms with van der Waals surface area (Å²) in [7, 11) is 0. The fourth-order valence-corrected chi connectivity index (χ4v) is 7.16. The van der Waals surface area contributed by atoms with Crippen LogP contribution < -0.4 is 0 Å². The lowest BCUT2D eigenvalue weighted by Gasteiger charge is -2.29. The lowest BCUT2D eigenvalue weighted by atomic mass is 9.77. The number of hydrogen-bond donors (Lipinski definition) is 0. The number of nitrogens with zero attached hydrogens (tertiary/aromatic N) is 2. The van der Waals surface area contributed by atoms with Gasteiger partial charge in [-0.1, -0.05) is 165 Å². The second-order valence-corrected chi connectivity index (χ2v) is 13.2. The fourth-order valence-electron chi connectivity index (χ4n) is 7.02. The van der Waals surface area contributed by atoms with Crippen LogP contribution in [0.1, 0.15) is 94.6 Å². The largest absolute Gasteiger partial charge is 0.251 e. The number of aliphatic imine (C=N–C) groups is 1. The molecule has 0 unspecified atom stereocenters. The molecule has 47 heavy (non-hydrogen) atoms. The molecule has 2 nitrogen and oxygen atoms in total. The van der Waals surface area contributed by atoms with E-state index in [4.69, 9.17) is 21.6 Å². The Balaban J connectivity index is 1.60. The van der Waals surface area contributed by atoms with Crippen LogP contribution in [0.15, 0.2) is 151 Å². The maximum atomic E-state index is 6.52. The van der Waals surface area contributed by atoms with Crippen LogP contribution in [0, 0.1) is 0 Å². The van der Waals surface area contributed by atoms with Crippen LogP contribution in [0.2, 0.25) is 5.15 Å². The van der Waals surface area contributed by atoms with E-state index >= 15 is 0 Å².